The number of carbonyl (C=O) groups excluding carboxylic acids is 1. The lowest BCUT2D eigenvalue weighted by atomic mass is 10.2. The van der Waals surface area contributed by atoms with Crippen LogP contribution in [0.5, 0.6) is 5.75 Å². The number of rotatable bonds is 4. The number of carbonyl (C=O) groups is 1. The lowest BCUT2D eigenvalue weighted by Crippen LogP contribution is -2.48. The molecule has 2 heterocycles. The number of hydrogen-bond donors (Lipinski definition) is 1. The molecule has 10 heteroatoms. The Morgan fingerprint density at radius 3 is 2.84 bits per heavy atom. The second-order valence-electron chi connectivity index (χ2n) is 5.28. The fourth-order valence-electron chi connectivity index (χ4n) is 2.36. The van der Waals surface area contributed by atoms with Gasteiger partial charge in [0, 0.05) is 6.20 Å². The molecule has 0 aliphatic carbocycles. The van der Waals surface area contributed by atoms with Crippen LogP contribution in [-0.4, -0.2) is 49.5 Å². The van der Waals surface area contributed by atoms with Gasteiger partial charge in [-0.3, -0.25) is 14.4 Å². The molecule has 3 rings (SSSR count). The van der Waals surface area contributed by atoms with Crippen LogP contribution in [0.3, 0.4) is 0 Å². The van der Waals surface area contributed by atoms with E-state index in [1.54, 1.807) is 30.3 Å². The molecule has 1 aromatic carbocycles. The standard InChI is InChI=1S/C15H16N4O4S2/c1-24-13-7-8-16-15(17-13)18-14(20)12-9-19(25(2,21)22)10-5-3-4-6-11(10)23-12/h3-8,12H,9H2,1-2H3,(H,16,17,18,20). The van der Waals surface area contributed by atoms with Crippen molar-refractivity contribution in [2.24, 2.45) is 0 Å². The first-order valence-corrected chi connectivity index (χ1v) is 10.4. The van der Waals surface area contributed by atoms with Crippen LogP contribution in [-0.2, 0) is 14.8 Å². The minimum Gasteiger partial charge on any atom is -0.476 e. The van der Waals surface area contributed by atoms with Crippen molar-refractivity contribution in [1.29, 1.82) is 0 Å². The van der Waals surface area contributed by atoms with Crippen molar-refractivity contribution in [3.05, 3.63) is 36.5 Å². The second kappa shape index (κ2) is 6.89. The smallest absolute Gasteiger partial charge is 0.269 e. The van der Waals surface area contributed by atoms with Gasteiger partial charge in [0.25, 0.3) is 5.91 Å². The molecule has 0 fully saturated rings. The summed E-state index contributed by atoms with van der Waals surface area (Å²) in [6.45, 7) is -0.121. The molecule has 1 amide bonds. The molecule has 0 saturated carbocycles. The van der Waals surface area contributed by atoms with E-state index in [9.17, 15) is 13.2 Å². The van der Waals surface area contributed by atoms with Gasteiger partial charge in [-0.1, -0.05) is 12.1 Å². The highest BCUT2D eigenvalue weighted by Gasteiger charge is 2.35. The van der Waals surface area contributed by atoms with Gasteiger partial charge in [-0.25, -0.2) is 18.4 Å². The SMILES string of the molecule is CSc1ccnc(NC(=O)C2CN(S(C)(=O)=O)c3ccccc3O2)n1. The third kappa shape index (κ3) is 3.85. The van der Waals surface area contributed by atoms with Crippen LogP contribution in [0.2, 0.25) is 0 Å². The normalized spacial score (nSPS) is 16.7. The van der Waals surface area contributed by atoms with Crippen LogP contribution in [0.25, 0.3) is 0 Å². The second-order valence-corrected chi connectivity index (χ2v) is 8.01. The largest absolute Gasteiger partial charge is 0.476 e. The van der Waals surface area contributed by atoms with Gasteiger partial charge in [-0.15, -0.1) is 11.8 Å². The number of sulfonamides is 1. The van der Waals surface area contributed by atoms with Gasteiger partial charge in [-0.05, 0) is 24.5 Å². The van der Waals surface area contributed by atoms with Crippen LogP contribution in [0.15, 0.2) is 41.6 Å². The number of fused-ring (bicyclic) bond motifs is 1. The van der Waals surface area contributed by atoms with Gasteiger partial charge in [0.15, 0.2) is 6.10 Å². The lowest BCUT2D eigenvalue weighted by molar-refractivity contribution is -0.122. The van der Waals surface area contributed by atoms with Crippen molar-refractivity contribution in [2.45, 2.75) is 11.1 Å². The Kier molecular flexibility index (Phi) is 4.82. The number of anilines is 2. The first-order chi connectivity index (χ1) is 11.9. The zero-order valence-corrected chi connectivity index (χ0v) is 15.2. The minimum absolute atomic E-state index is 0.121. The number of benzene rings is 1. The Morgan fingerprint density at radius 2 is 2.12 bits per heavy atom. The zero-order valence-electron chi connectivity index (χ0n) is 13.5. The first kappa shape index (κ1) is 17.5. The molecule has 25 heavy (non-hydrogen) atoms. The number of nitrogens with zero attached hydrogens (tertiary/aromatic N) is 3. The predicted octanol–water partition coefficient (Wildman–Crippen LogP) is 1.36. The summed E-state index contributed by atoms with van der Waals surface area (Å²) in [5.74, 6) is -0.0373. The molecule has 0 saturated heterocycles. The Morgan fingerprint density at radius 1 is 1.36 bits per heavy atom. The number of aromatic nitrogens is 2. The van der Waals surface area contributed by atoms with Crippen LogP contribution in [0.4, 0.5) is 11.6 Å². The Balaban J connectivity index is 1.84. The average Bonchev–Trinajstić information content (AvgIpc) is 2.60. The van der Waals surface area contributed by atoms with Crippen LogP contribution in [0.1, 0.15) is 0 Å². The van der Waals surface area contributed by atoms with E-state index in [4.69, 9.17) is 4.74 Å². The van der Waals surface area contributed by atoms with E-state index in [1.807, 2.05) is 6.26 Å². The topological polar surface area (TPSA) is 101 Å². The van der Waals surface area contributed by atoms with Crippen molar-refractivity contribution < 1.29 is 17.9 Å². The van der Waals surface area contributed by atoms with Gasteiger partial charge in [0.05, 0.1) is 18.5 Å². The fraction of sp³-hybridized carbons (Fsp3) is 0.267. The maximum absolute atomic E-state index is 12.5. The monoisotopic (exact) mass is 380 g/mol. The van der Waals surface area contributed by atoms with Crippen molar-refractivity contribution in [3.8, 4) is 5.75 Å². The highest BCUT2D eigenvalue weighted by atomic mass is 32.2. The molecule has 0 bridgehead atoms. The molecule has 1 aliphatic rings. The first-order valence-electron chi connectivity index (χ1n) is 7.30. The Bertz CT molecular complexity index is 904. The summed E-state index contributed by atoms with van der Waals surface area (Å²) in [7, 11) is -3.55. The van der Waals surface area contributed by atoms with Crippen LogP contribution < -0.4 is 14.4 Å². The minimum atomic E-state index is -3.55. The Labute approximate surface area is 149 Å². The van der Waals surface area contributed by atoms with E-state index in [-0.39, 0.29) is 12.5 Å². The Hall–Kier alpha value is -2.33. The van der Waals surface area contributed by atoms with Gasteiger partial charge in [0.2, 0.25) is 16.0 Å². The molecule has 0 spiro atoms. The summed E-state index contributed by atoms with van der Waals surface area (Å²) in [6.07, 6.45) is 3.48. The summed E-state index contributed by atoms with van der Waals surface area (Å²) in [4.78, 5) is 20.7. The maximum Gasteiger partial charge on any atom is 0.269 e. The fourth-order valence-corrected chi connectivity index (χ4v) is 3.65. The molecule has 1 N–H and O–H groups in total. The molecular weight excluding hydrogens is 364 g/mol. The zero-order chi connectivity index (χ0) is 18.0. The number of amides is 1. The number of nitrogens with one attached hydrogen (secondary N) is 1. The van der Waals surface area contributed by atoms with Crippen LogP contribution >= 0.6 is 11.8 Å². The van der Waals surface area contributed by atoms with E-state index in [1.165, 1.54) is 18.0 Å². The molecule has 8 nitrogen and oxygen atoms in total. The highest BCUT2D eigenvalue weighted by molar-refractivity contribution is 7.98. The molecule has 1 aromatic heterocycles. The summed E-state index contributed by atoms with van der Waals surface area (Å²) in [5, 5.41) is 3.27. The van der Waals surface area contributed by atoms with Crippen molar-refractivity contribution >= 4 is 39.3 Å². The number of thioether (sulfide) groups is 1. The highest BCUT2D eigenvalue weighted by Crippen LogP contribution is 2.34. The molecule has 2 aromatic rings. The van der Waals surface area contributed by atoms with Crippen molar-refractivity contribution in [1.82, 2.24) is 9.97 Å². The van der Waals surface area contributed by atoms with Gasteiger partial charge < -0.3 is 4.74 Å². The van der Waals surface area contributed by atoms with E-state index < -0.39 is 22.0 Å². The molecule has 1 atom stereocenters. The predicted molar refractivity (Wildman–Crippen MR) is 95.5 cm³/mol. The van der Waals surface area contributed by atoms with E-state index >= 15 is 0 Å². The number of hydrogen-bond acceptors (Lipinski definition) is 7. The van der Waals surface area contributed by atoms with Crippen molar-refractivity contribution in [3.63, 3.8) is 0 Å². The molecule has 0 radical (unpaired) electrons. The number of ether oxygens (including phenoxy) is 1. The quantitative estimate of drug-likeness (QED) is 0.631. The third-order valence-electron chi connectivity index (χ3n) is 3.50. The number of para-hydroxylation sites is 2. The van der Waals surface area contributed by atoms with Gasteiger partial charge in [-0.2, -0.15) is 0 Å². The molecule has 1 unspecified atom stereocenters. The van der Waals surface area contributed by atoms with Crippen molar-refractivity contribution in [2.75, 3.05) is 28.7 Å². The van der Waals surface area contributed by atoms with E-state index in [0.717, 1.165) is 10.6 Å². The third-order valence-corrected chi connectivity index (χ3v) is 5.29. The summed E-state index contributed by atoms with van der Waals surface area (Å²) < 4.78 is 31.0. The van der Waals surface area contributed by atoms with Gasteiger partial charge >= 0.3 is 0 Å². The molecule has 1 aliphatic heterocycles. The lowest BCUT2D eigenvalue weighted by Gasteiger charge is -2.33. The van der Waals surface area contributed by atoms with Crippen LogP contribution in [0, 0.1) is 0 Å². The van der Waals surface area contributed by atoms with E-state index in [0.29, 0.717) is 16.5 Å². The van der Waals surface area contributed by atoms with E-state index in [2.05, 4.69) is 15.3 Å². The maximum atomic E-state index is 12.5. The molecule has 132 valence electrons. The summed E-state index contributed by atoms with van der Waals surface area (Å²) in [5.41, 5.74) is 0.412. The average molecular weight is 380 g/mol. The summed E-state index contributed by atoms with van der Waals surface area (Å²) in [6, 6.07) is 8.40. The summed E-state index contributed by atoms with van der Waals surface area (Å²) >= 11 is 1.42. The molecular formula is C15H16N4O4S2. The van der Waals surface area contributed by atoms with Gasteiger partial charge in [0.1, 0.15) is 10.8 Å².